The lowest BCUT2D eigenvalue weighted by Crippen LogP contribution is -2.57. The molecule has 3 atom stereocenters. The van der Waals surface area contributed by atoms with E-state index < -0.39 is 0 Å². The number of likely N-dealkylation sites (tertiary alicyclic amines) is 1. The van der Waals surface area contributed by atoms with Gasteiger partial charge in [0.1, 0.15) is 6.04 Å². The predicted molar refractivity (Wildman–Crippen MR) is 64.5 cm³/mol. The lowest BCUT2D eigenvalue weighted by molar-refractivity contribution is -0.923. The summed E-state index contributed by atoms with van der Waals surface area (Å²) in [6.45, 7) is 5.10. The Kier molecular flexibility index (Phi) is 3.36. The number of quaternary nitrogens is 1. The van der Waals surface area contributed by atoms with Crippen LogP contribution in [0.15, 0.2) is 0 Å². The van der Waals surface area contributed by atoms with Crippen molar-refractivity contribution in [2.24, 2.45) is 11.7 Å². The van der Waals surface area contributed by atoms with Crippen molar-refractivity contribution in [3.63, 3.8) is 0 Å². The van der Waals surface area contributed by atoms with Crippen LogP contribution in [0.2, 0.25) is 0 Å². The van der Waals surface area contributed by atoms with Gasteiger partial charge in [0.15, 0.2) is 0 Å². The molecule has 1 saturated carbocycles. The Bertz CT molecular complexity index is 209. The van der Waals surface area contributed by atoms with E-state index >= 15 is 0 Å². The fourth-order valence-corrected chi connectivity index (χ4v) is 3.79. The molecule has 0 radical (unpaired) electrons. The molecule has 15 heavy (non-hydrogen) atoms. The highest BCUT2D eigenvalue weighted by molar-refractivity contribution is 4.81. The molecular weight excluding hydrogens is 184 g/mol. The first kappa shape index (κ1) is 11.4. The summed E-state index contributed by atoms with van der Waals surface area (Å²) in [6.07, 6.45) is 8.22. The number of hydrogen-bond donors (Lipinski definition) is 1. The van der Waals surface area contributed by atoms with Crippen molar-refractivity contribution in [1.82, 2.24) is 0 Å². The summed E-state index contributed by atoms with van der Waals surface area (Å²) in [5, 5.41) is 0. The van der Waals surface area contributed by atoms with Crippen molar-refractivity contribution in [2.45, 2.75) is 57.5 Å². The normalized spacial score (nSPS) is 41.4. The fraction of sp³-hybridized carbons (Fsp3) is 1.00. The Morgan fingerprint density at radius 2 is 1.73 bits per heavy atom. The van der Waals surface area contributed by atoms with Gasteiger partial charge in [0, 0.05) is 19.3 Å². The van der Waals surface area contributed by atoms with Gasteiger partial charge in [-0.05, 0) is 18.8 Å². The topological polar surface area (TPSA) is 26.0 Å². The largest absolute Gasteiger partial charge is 0.323 e. The maximum Gasteiger partial charge on any atom is 0.104 e. The van der Waals surface area contributed by atoms with Crippen LogP contribution in [0.3, 0.4) is 0 Å². The molecule has 3 unspecified atom stereocenters. The van der Waals surface area contributed by atoms with E-state index in [4.69, 9.17) is 5.73 Å². The van der Waals surface area contributed by atoms with E-state index in [1.54, 1.807) is 0 Å². The van der Waals surface area contributed by atoms with Gasteiger partial charge < -0.3 is 10.2 Å². The summed E-state index contributed by atoms with van der Waals surface area (Å²) >= 11 is 0. The molecule has 0 bridgehead atoms. The maximum absolute atomic E-state index is 6.42. The van der Waals surface area contributed by atoms with Gasteiger partial charge in [0.25, 0.3) is 0 Å². The van der Waals surface area contributed by atoms with Crippen molar-refractivity contribution in [1.29, 1.82) is 0 Å². The van der Waals surface area contributed by atoms with Crippen molar-refractivity contribution >= 4 is 0 Å². The third-order valence-electron chi connectivity index (χ3n) is 4.75. The minimum atomic E-state index is 0.450. The standard InChI is InChI=1S/C13H27N2/c1-11-6-5-7-13(12(14)10-11)15(2)8-3-4-9-15/h11-13H,3-10,14H2,1-2H3/q+1. The molecule has 2 fully saturated rings. The minimum absolute atomic E-state index is 0.450. The summed E-state index contributed by atoms with van der Waals surface area (Å²) in [7, 11) is 2.44. The molecule has 1 saturated heterocycles. The molecule has 0 aromatic carbocycles. The first-order valence-electron chi connectivity index (χ1n) is 6.71. The van der Waals surface area contributed by atoms with E-state index in [9.17, 15) is 0 Å². The van der Waals surface area contributed by atoms with Crippen LogP contribution in [0.25, 0.3) is 0 Å². The average molecular weight is 211 g/mol. The van der Waals surface area contributed by atoms with E-state index in [1.807, 2.05) is 0 Å². The Balaban J connectivity index is 2.06. The molecule has 0 aromatic rings. The van der Waals surface area contributed by atoms with E-state index in [1.165, 1.54) is 56.1 Å². The van der Waals surface area contributed by atoms with Crippen LogP contribution in [0.5, 0.6) is 0 Å². The highest BCUT2D eigenvalue weighted by atomic mass is 15.4. The zero-order valence-electron chi connectivity index (χ0n) is 10.4. The summed E-state index contributed by atoms with van der Waals surface area (Å²) in [5.74, 6) is 0.846. The number of hydrogen-bond acceptors (Lipinski definition) is 1. The second kappa shape index (κ2) is 4.42. The third kappa shape index (κ3) is 2.36. The van der Waals surface area contributed by atoms with Gasteiger partial charge in [0.2, 0.25) is 0 Å². The second-order valence-electron chi connectivity index (χ2n) is 6.14. The lowest BCUT2D eigenvalue weighted by Gasteiger charge is -2.40. The predicted octanol–water partition coefficient (Wildman–Crippen LogP) is 2.13. The van der Waals surface area contributed by atoms with Crippen molar-refractivity contribution < 1.29 is 4.48 Å². The maximum atomic E-state index is 6.42. The van der Waals surface area contributed by atoms with Crippen molar-refractivity contribution in [2.75, 3.05) is 20.1 Å². The van der Waals surface area contributed by atoms with Crippen LogP contribution in [0.4, 0.5) is 0 Å². The van der Waals surface area contributed by atoms with E-state index in [0.717, 1.165) is 12.0 Å². The van der Waals surface area contributed by atoms with Crippen LogP contribution in [-0.4, -0.2) is 36.7 Å². The quantitative estimate of drug-likeness (QED) is 0.522. The number of nitrogens with two attached hydrogens (primary N) is 1. The van der Waals surface area contributed by atoms with Gasteiger partial charge in [-0.15, -0.1) is 0 Å². The molecular formula is C13H27N2+. The molecule has 2 rings (SSSR count). The Hall–Kier alpha value is -0.0800. The molecule has 2 N–H and O–H groups in total. The first-order valence-corrected chi connectivity index (χ1v) is 6.71. The average Bonchev–Trinajstić information content (AvgIpc) is 2.52. The van der Waals surface area contributed by atoms with Gasteiger partial charge >= 0.3 is 0 Å². The Morgan fingerprint density at radius 3 is 2.40 bits per heavy atom. The van der Waals surface area contributed by atoms with Crippen LogP contribution < -0.4 is 5.73 Å². The lowest BCUT2D eigenvalue weighted by atomic mass is 9.97. The third-order valence-corrected chi connectivity index (χ3v) is 4.75. The molecule has 2 aliphatic rings. The molecule has 1 aliphatic carbocycles. The van der Waals surface area contributed by atoms with E-state index in [2.05, 4.69) is 14.0 Å². The Morgan fingerprint density at radius 1 is 1.07 bits per heavy atom. The van der Waals surface area contributed by atoms with Crippen LogP contribution in [0, 0.1) is 5.92 Å². The van der Waals surface area contributed by atoms with Crippen LogP contribution in [0.1, 0.15) is 45.4 Å². The molecule has 1 heterocycles. The molecule has 0 aromatic heterocycles. The molecule has 88 valence electrons. The molecule has 1 aliphatic heterocycles. The fourth-order valence-electron chi connectivity index (χ4n) is 3.79. The van der Waals surface area contributed by atoms with Crippen molar-refractivity contribution in [3.8, 4) is 0 Å². The molecule has 2 heteroatoms. The van der Waals surface area contributed by atoms with Crippen LogP contribution in [-0.2, 0) is 0 Å². The highest BCUT2D eigenvalue weighted by Gasteiger charge is 2.40. The minimum Gasteiger partial charge on any atom is -0.323 e. The summed E-state index contributed by atoms with van der Waals surface area (Å²) in [4.78, 5) is 0. The number of rotatable bonds is 1. The van der Waals surface area contributed by atoms with E-state index in [0.29, 0.717) is 6.04 Å². The second-order valence-corrected chi connectivity index (χ2v) is 6.14. The monoisotopic (exact) mass is 211 g/mol. The molecule has 2 nitrogen and oxygen atoms in total. The Labute approximate surface area is 94.4 Å². The highest BCUT2D eigenvalue weighted by Crippen LogP contribution is 2.31. The first-order chi connectivity index (χ1) is 7.12. The van der Waals surface area contributed by atoms with Crippen LogP contribution >= 0.6 is 0 Å². The smallest absolute Gasteiger partial charge is 0.104 e. The zero-order valence-corrected chi connectivity index (χ0v) is 10.4. The van der Waals surface area contributed by atoms with Gasteiger partial charge in [-0.3, -0.25) is 0 Å². The molecule has 0 amide bonds. The zero-order chi connectivity index (χ0) is 10.9. The number of likely N-dealkylation sites (N-methyl/N-ethyl adjacent to an activating group) is 1. The van der Waals surface area contributed by atoms with Crippen molar-refractivity contribution in [3.05, 3.63) is 0 Å². The SMILES string of the molecule is CC1CCCC([N+]2(C)CCCC2)C(N)C1. The summed E-state index contributed by atoms with van der Waals surface area (Å²) in [6, 6.07) is 1.20. The van der Waals surface area contributed by atoms with Gasteiger partial charge in [-0.2, -0.15) is 0 Å². The number of nitrogens with zero attached hydrogens (tertiary/aromatic N) is 1. The van der Waals surface area contributed by atoms with Gasteiger partial charge in [0.05, 0.1) is 26.2 Å². The van der Waals surface area contributed by atoms with Gasteiger partial charge in [-0.1, -0.05) is 13.3 Å². The molecule has 0 spiro atoms. The van der Waals surface area contributed by atoms with E-state index in [-0.39, 0.29) is 0 Å². The van der Waals surface area contributed by atoms with Gasteiger partial charge in [-0.25, -0.2) is 0 Å². The summed E-state index contributed by atoms with van der Waals surface area (Å²) in [5.41, 5.74) is 6.42. The summed E-state index contributed by atoms with van der Waals surface area (Å²) < 4.78 is 1.27.